The molecule has 0 aliphatic carbocycles. The Kier molecular flexibility index (Phi) is 5.85. The van der Waals surface area contributed by atoms with E-state index in [0.29, 0.717) is 35.1 Å². The highest BCUT2D eigenvalue weighted by Crippen LogP contribution is 2.34. The van der Waals surface area contributed by atoms with E-state index in [1.165, 1.54) is 14.2 Å². The van der Waals surface area contributed by atoms with Crippen molar-refractivity contribution in [3.63, 3.8) is 0 Å². The lowest BCUT2D eigenvalue weighted by Gasteiger charge is -2.19. The molecule has 2 aromatic rings. The van der Waals surface area contributed by atoms with Gasteiger partial charge < -0.3 is 19.7 Å². The molecule has 2 atom stereocenters. The molecular formula is C21H26N4O6S. The van der Waals surface area contributed by atoms with Crippen LogP contribution in [0.1, 0.15) is 24.6 Å². The number of sulfone groups is 1. The first-order chi connectivity index (χ1) is 15.2. The Morgan fingerprint density at radius 1 is 1.19 bits per heavy atom. The smallest absolute Gasteiger partial charge is 0.230 e. The molecule has 172 valence electrons. The van der Waals surface area contributed by atoms with Crippen molar-refractivity contribution in [3.8, 4) is 11.5 Å². The number of benzene rings is 1. The number of hydrogen-bond acceptors (Lipinski definition) is 7. The Balaban J connectivity index is 1.49. The number of aromatic nitrogens is 2. The van der Waals surface area contributed by atoms with Gasteiger partial charge in [-0.15, -0.1) is 0 Å². The van der Waals surface area contributed by atoms with Crippen molar-refractivity contribution in [1.82, 2.24) is 9.78 Å². The monoisotopic (exact) mass is 462 g/mol. The van der Waals surface area contributed by atoms with Crippen molar-refractivity contribution in [2.75, 3.05) is 42.5 Å². The first-order valence-electron chi connectivity index (χ1n) is 10.3. The molecule has 4 rings (SSSR count). The van der Waals surface area contributed by atoms with Gasteiger partial charge in [0.15, 0.2) is 21.3 Å². The minimum absolute atomic E-state index is 0.00594. The van der Waals surface area contributed by atoms with E-state index in [9.17, 15) is 18.0 Å². The fourth-order valence-corrected chi connectivity index (χ4v) is 5.90. The lowest BCUT2D eigenvalue weighted by Crippen LogP contribution is -2.29. The quantitative estimate of drug-likeness (QED) is 0.692. The van der Waals surface area contributed by atoms with Crippen molar-refractivity contribution in [2.45, 2.75) is 25.8 Å². The van der Waals surface area contributed by atoms with Crippen molar-refractivity contribution in [1.29, 1.82) is 0 Å². The summed E-state index contributed by atoms with van der Waals surface area (Å²) in [6.45, 7) is 2.01. The number of aryl methyl sites for hydroxylation is 1. The standard InChI is InChI=1S/C21H26N4O6S/c1-13-8-19(25(23-13)16-6-7-32(28,29)12-16)22-21(27)14-9-20(26)24(11-14)15-4-5-17(30-2)18(10-15)31-3/h4-5,8,10,14,16H,6-7,9,11-12H2,1-3H3,(H,22,27). The maximum atomic E-state index is 13.0. The van der Waals surface area contributed by atoms with Crippen molar-refractivity contribution in [3.05, 3.63) is 30.0 Å². The SMILES string of the molecule is COc1ccc(N2CC(C(=O)Nc3cc(C)nn3C3CCS(=O)(=O)C3)CC2=O)cc1OC. The summed E-state index contributed by atoms with van der Waals surface area (Å²) in [6, 6.07) is 6.57. The topological polar surface area (TPSA) is 120 Å². The first kappa shape index (κ1) is 22.1. The third-order valence-electron chi connectivity index (χ3n) is 5.84. The average molecular weight is 463 g/mol. The van der Waals surface area contributed by atoms with Crippen LogP contribution in [0.4, 0.5) is 11.5 Å². The normalized spacial score (nSPS) is 22.2. The summed E-state index contributed by atoms with van der Waals surface area (Å²) in [7, 11) is -0.0430. The van der Waals surface area contributed by atoms with Gasteiger partial charge in [0.1, 0.15) is 5.82 Å². The van der Waals surface area contributed by atoms with E-state index in [1.807, 2.05) is 0 Å². The molecule has 2 aliphatic rings. The van der Waals surface area contributed by atoms with Crippen molar-refractivity contribution < 1.29 is 27.5 Å². The molecule has 11 heteroatoms. The van der Waals surface area contributed by atoms with Crippen LogP contribution in [-0.2, 0) is 19.4 Å². The summed E-state index contributed by atoms with van der Waals surface area (Å²) in [4.78, 5) is 27.2. The van der Waals surface area contributed by atoms with Gasteiger partial charge >= 0.3 is 0 Å². The van der Waals surface area contributed by atoms with Crippen LogP contribution in [0, 0.1) is 12.8 Å². The van der Waals surface area contributed by atoms with Crippen LogP contribution in [0.3, 0.4) is 0 Å². The number of amides is 2. The molecule has 32 heavy (non-hydrogen) atoms. The average Bonchev–Trinajstić information content (AvgIpc) is 3.43. The number of nitrogens with one attached hydrogen (secondary N) is 1. The second kappa shape index (κ2) is 8.45. The fourth-order valence-electron chi connectivity index (χ4n) is 4.21. The number of carbonyl (C=O) groups excluding carboxylic acids is 2. The van der Waals surface area contributed by atoms with Gasteiger partial charge in [0.25, 0.3) is 0 Å². The predicted molar refractivity (Wildman–Crippen MR) is 118 cm³/mol. The Bertz CT molecular complexity index is 1160. The predicted octanol–water partition coefficient (Wildman–Crippen LogP) is 1.56. The van der Waals surface area contributed by atoms with E-state index in [-0.39, 0.29) is 42.3 Å². The molecule has 2 saturated heterocycles. The number of ether oxygens (including phenoxy) is 2. The van der Waals surface area contributed by atoms with Crippen LogP contribution in [0.25, 0.3) is 0 Å². The third kappa shape index (κ3) is 4.29. The highest BCUT2D eigenvalue weighted by molar-refractivity contribution is 7.91. The van der Waals surface area contributed by atoms with Gasteiger partial charge in [-0.1, -0.05) is 0 Å². The number of methoxy groups -OCH3 is 2. The number of rotatable bonds is 6. The molecule has 3 heterocycles. The number of carbonyl (C=O) groups is 2. The molecule has 2 fully saturated rings. The minimum Gasteiger partial charge on any atom is -0.493 e. The van der Waals surface area contributed by atoms with Gasteiger partial charge in [-0.05, 0) is 25.5 Å². The summed E-state index contributed by atoms with van der Waals surface area (Å²) >= 11 is 0. The second-order valence-corrected chi connectivity index (χ2v) is 10.3. The summed E-state index contributed by atoms with van der Waals surface area (Å²) in [6.07, 6.45) is 0.534. The second-order valence-electron chi connectivity index (χ2n) is 8.11. The van der Waals surface area contributed by atoms with Gasteiger partial charge in [0, 0.05) is 30.8 Å². The molecule has 1 N–H and O–H groups in total. The summed E-state index contributed by atoms with van der Waals surface area (Å²) in [5.74, 6) is 0.602. The largest absolute Gasteiger partial charge is 0.493 e. The van der Waals surface area contributed by atoms with E-state index >= 15 is 0 Å². The van der Waals surface area contributed by atoms with E-state index in [4.69, 9.17) is 9.47 Å². The molecule has 1 aromatic heterocycles. The minimum atomic E-state index is -3.10. The van der Waals surface area contributed by atoms with Crippen molar-refractivity contribution >= 4 is 33.2 Å². The molecule has 0 bridgehead atoms. The lowest BCUT2D eigenvalue weighted by atomic mass is 10.1. The van der Waals surface area contributed by atoms with Crippen LogP contribution >= 0.6 is 0 Å². The first-order valence-corrected chi connectivity index (χ1v) is 12.1. The van der Waals surface area contributed by atoms with E-state index in [0.717, 1.165) is 0 Å². The number of nitrogens with zero attached hydrogens (tertiary/aromatic N) is 3. The Labute approximate surface area is 186 Å². The summed E-state index contributed by atoms with van der Waals surface area (Å²) in [5, 5.41) is 7.24. The molecule has 1 aromatic carbocycles. The molecule has 2 unspecified atom stereocenters. The molecular weight excluding hydrogens is 436 g/mol. The van der Waals surface area contributed by atoms with Crippen molar-refractivity contribution in [2.24, 2.45) is 5.92 Å². The maximum Gasteiger partial charge on any atom is 0.230 e. The number of anilines is 2. The summed E-state index contributed by atoms with van der Waals surface area (Å²) in [5.41, 5.74) is 1.30. The Hall–Kier alpha value is -3.08. The van der Waals surface area contributed by atoms with E-state index < -0.39 is 15.8 Å². The van der Waals surface area contributed by atoms with Crippen LogP contribution < -0.4 is 19.7 Å². The maximum absolute atomic E-state index is 13.0. The summed E-state index contributed by atoms with van der Waals surface area (Å²) < 4.78 is 35.9. The molecule has 10 nitrogen and oxygen atoms in total. The third-order valence-corrected chi connectivity index (χ3v) is 7.59. The van der Waals surface area contributed by atoms with E-state index in [1.54, 1.807) is 40.8 Å². The number of hydrogen-bond donors (Lipinski definition) is 1. The Morgan fingerprint density at radius 3 is 2.59 bits per heavy atom. The molecule has 2 aliphatic heterocycles. The lowest BCUT2D eigenvalue weighted by molar-refractivity contribution is -0.122. The molecule has 0 spiro atoms. The van der Waals surface area contributed by atoms with Gasteiger partial charge in [-0.2, -0.15) is 5.10 Å². The zero-order valence-electron chi connectivity index (χ0n) is 18.2. The van der Waals surface area contributed by atoms with Crippen LogP contribution in [-0.4, -0.2) is 62.3 Å². The highest BCUT2D eigenvalue weighted by Gasteiger charge is 2.37. The zero-order chi connectivity index (χ0) is 23.0. The Morgan fingerprint density at radius 2 is 1.94 bits per heavy atom. The van der Waals surface area contributed by atoms with Gasteiger partial charge in [-0.25, -0.2) is 13.1 Å². The van der Waals surface area contributed by atoms with Crippen LogP contribution in [0.15, 0.2) is 24.3 Å². The van der Waals surface area contributed by atoms with Gasteiger partial charge in [-0.3, -0.25) is 9.59 Å². The molecule has 2 amide bonds. The highest BCUT2D eigenvalue weighted by atomic mass is 32.2. The van der Waals surface area contributed by atoms with Gasteiger partial charge in [0.05, 0.1) is 43.4 Å². The molecule has 0 saturated carbocycles. The molecule has 0 radical (unpaired) electrons. The zero-order valence-corrected chi connectivity index (χ0v) is 19.0. The van der Waals surface area contributed by atoms with Crippen LogP contribution in [0.2, 0.25) is 0 Å². The fraction of sp³-hybridized carbons (Fsp3) is 0.476. The van der Waals surface area contributed by atoms with Gasteiger partial charge in [0.2, 0.25) is 11.8 Å². The van der Waals surface area contributed by atoms with E-state index in [2.05, 4.69) is 10.4 Å². The van der Waals surface area contributed by atoms with Crippen LogP contribution in [0.5, 0.6) is 11.5 Å².